The van der Waals surface area contributed by atoms with E-state index in [1.165, 1.54) is 4.90 Å². The Morgan fingerprint density at radius 3 is 2.23 bits per heavy atom. The molecule has 0 saturated carbocycles. The van der Waals surface area contributed by atoms with Gasteiger partial charge in [-0.1, -0.05) is 67.6 Å². The first-order valence-corrected chi connectivity index (χ1v) is 13.2. The van der Waals surface area contributed by atoms with Crippen molar-refractivity contribution in [1.82, 2.24) is 0 Å². The molecule has 0 radical (unpaired) electrons. The minimum atomic E-state index is -0.877. The molecule has 0 bridgehead atoms. The molecule has 1 amide bonds. The molecule has 0 aliphatic carbocycles. The van der Waals surface area contributed by atoms with Crippen LogP contribution in [0.4, 0.5) is 5.69 Å². The molecular weight excluding hydrogens is 502 g/mol. The van der Waals surface area contributed by atoms with Crippen molar-refractivity contribution in [3.8, 4) is 11.5 Å². The fraction of sp³-hybridized carbons (Fsp3) is 0.176. The van der Waals surface area contributed by atoms with Crippen molar-refractivity contribution in [3.63, 3.8) is 0 Å². The van der Waals surface area contributed by atoms with Crippen molar-refractivity contribution < 1.29 is 24.2 Å². The topological polar surface area (TPSA) is 76.1 Å². The summed E-state index contributed by atoms with van der Waals surface area (Å²) in [5.41, 5.74) is 4.53. The minimum absolute atomic E-state index is 0.00595. The van der Waals surface area contributed by atoms with Crippen molar-refractivity contribution in [3.05, 3.63) is 130 Å². The number of ketones is 1. The summed E-state index contributed by atoms with van der Waals surface area (Å²) in [6.45, 7) is 4.33. The van der Waals surface area contributed by atoms with Crippen LogP contribution in [0.1, 0.15) is 40.8 Å². The summed E-state index contributed by atoms with van der Waals surface area (Å²) >= 11 is 0. The summed E-state index contributed by atoms with van der Waals surface area (Å²) in [6, 6.07) is 29.0. The Labute approximate surface area is 234 Å². The average Bonchev–Trinajstić information content (AvgIpc) is 3.26. The number of methoxy groups -OCH3 is 1. The molecule has 1 unspecified atom stereocenters. The van der Waals surface area contributed by atoms with Crippen molar-refractivity contribution >= 4 is 23.1 Å². The zero-order valence-electron chi connectivity index (χ0n) is 22.8. The number of ether oxygens (including phenoxy) is 2. The normalized spacial score (nSPS) is 16.3. The zero-order valence-corrected chi connectivity index (χ0v) is 22.8. The summed E-state index contributed by atoms with van der Waals surface area (Å²) in [4.78, 5) is 28.5. The van der Waals surface area contributed by atoms with Gasteiger partial charge in [-0.15, -0.1) is 0 Å². The third kappa shape index (κ3) is 5.08. The summed E-state index contributed by atoms with van der Waals surface area (Å²) in [7, 11) is 1.54. The molecule has 0 aromatic heterocycles. The standard InChI is InChI=1S/C34H31NO5/c1-4-23-14-17-26(18-15-23)35-31(27-12-8-9-13-29(27)39-3)30(33(37)34(35)38)32(36)25-16-19-28(22(2)20-25)40-21-24-10-6-5-7-11-24/h5-20,31,36H,4,21H2,1-3H3/b32-30+. The van der Waals surface area contributed by atoms with Gasteiger partial charge in [-0.25, -0.2) is 0 Å². The maximum Gasteiger partial charge on any atom is 0.300 e. The second-order valence-electron chi connectivity index (χ2n) is 9.69. The van der Waals surface area contributed by atoms with Gasteiger partial charge in [0.15, 0.2) is 0 Å². The molecule has 1 heterocycles. The largest absolute Gasteiger partial charge is 0.507 e. The molecule has 1 fully saturated rings. The molecule has 202 valence electrons. The van der Waals surface area contributed by atoms with Crippen molar-refractivity contribution in [2.75, 3.05) is 12.0 Å². The van der Waals surface area contributed by atoms with E-state index in [-0.39, 0.29) is 11.3 Å². The lowest BCUT2D eigenvalue weighted by atomic mass is 9.94. The number of anilines is 1. The number of carbonyl (C=O) groups is 2. The predicted octanol–water partition coefficient (Wildman–Crippen LogP) is 6.77. The molecule has 1 aliphatic rings. The van der Waals surface area contributed by atoms with Gasteiger partial charge in [0, 0.05) is 16.8 Å². The third-order valence-electron chi connectivity index (χ3n) is 7.19. The van der Waals surface area contributed by atoms with Gasteiger partial charge < -0.3 is 14.6 Å². The van der Waals surface area contributed by atoms with E-state index in [4.69, 9.17) is 9.47 Å². The van der Waals surface area contributed by atoms with Crippen LogP contribution in [0.2, 0.25) is 0 Å². The van der Waals surface area contributed by atoms with Gasteiger partial charge in [-0.3, -0.25) is 14.5 Å². The number of aryl methyl sites for hydroxylation is 2. The van der Waals surface area contributed by atoms with E-state index >= 15 is 0 Å². The van der Waals surface area contributed by atoms with E-state index in [0.717, 1.165) is 23.1 Å². The Bertz CT molecular complexity index is 1570. The number of amides is 1. The highest BCUT2D eigenvalue weighted by atomic mass is 16.5. The van der Waals surface area contributed by atoms with Gasteiger partial charge in [-0.05, 0) is 66.4 Å². The fourth-order valence-electron chi connectivity index (χ4n) is 5.03. The van der Waals surface area contributed by atoms with E-state index in [1.54, 1.807) is 31.4 Å². The highest BCUT2D eigenvalue weighted by Crippen LogP contribution is 2.45. The van der Waals surface area contributed by atoms with Crippen LogP contribution in [0.5, 0.6) is 11.5 Å². The number of benzene rings is 4. The lowest BCUT2D eigenvalue weighted by molar-refractivity contribution is -0.132. The van der Waals surface area contributed by atoms with Gasteiger partial charge in [0.2, 0.25) is 0 Å². The average molecular weight is 534 g/mol. The Hall–Kier alpha value is -4.84. The van der Waals surface area contributed by atoms with Crippen LogP contribution in [0, 0.1) is 6.92 Å². The van der Waals surface area contributed by atoms with Crippen LogP contribution in [-0.2, 0) is 22.6 Å². The highest BCUT2D eigenvalue weighted by Gasteiger charge is 2.47. The number of carbonyl (C=O) groups excluding carboxylic acids is 2. The van der Waals surface area contributed by atoms with Gasteiger partial charge in [-0.2, -0.15) is 0 Å². The van der Waals surface area contributed by atoms with Crippen LogP contribution in [0.25, 0.3) is 5.76 Å². The first kappa shape index (κ1) is 26.8. The molecule has 40 heavy (non-hydrogen) atoms. The van der Waals surface area contributed by atoms with Gasteiger partial charge >= 0.3 is 0 Å². The molecular formula is C34H31NO5. The Kier molecular flexibility index (Phi) is 7.69. The van der Waals surface area contributed by atoms with Gasteiger partial charge in [0.1, 0.15) is 23.9 Å². The summed E-state index contributed by atoms with van der Waals surface area (Å²) in [5.74, 6) is -0.537. The number of hydrogen-bond acceptors (Lipinski definition) is 5. The lowest BCUT2D eigenvalue weighted by Gasteiger charge is -2.27. The van der Waals surface area contributed by atoms with E-state index in [0.29, 0.717) is 34.9 Å². The van der Waals surface area contributed by atoms with Crippen LogP contribution in [-0.4, -0.2) is 23.9 Å². The van der Waals surface area contributed by atoms with Crippen LogP contribution >= 0.6 is 0 Å². The molecule has 0 spiro atoms. The number of rotatable bonds is 8. The van der Waals surface area contributed by atoms with E-state index in [2.05, 4.69) is 6.92 Å². The fourth-order valence-corrected chi connectivity index (χ4v) is 5.03. The number of hydrogen-bond donors (Lipinski definition) is 1. The smallest absolute Gasteiger partial charge is 0.300 e. The van der Waals surface area contributed by atoms with E-state index < -0.39 is 17.7 Å². The Morgan fingerprint density at radius 2 is 1.55 bits per heavy atom. The molecule has 1 N–H and O–H groups in total. The van der Waals surface area contributed by atoms with Crippen LogP contribution < -0.4 is 14.4 Å². The van der Waals surface area contributed by atoms with Crippen LogP contribution in [0.15, 0.2) is 103 Å². The molecule has 6 nitrogen and oxygen atoms in total. The summed E-state index contributed by atoms with van der Waals surface area (Å²) < 4.78 is 11.6. The number of nitrogens with zero attached hydrogens (tertiary/aromatic N) is 1. The van der Waals surface area contributed by atoms with Gasteiger partial charge in [0.25, 0.3) is 11.7 Å². The Balaban J connectivity index is 1.58. The van der Waals surface area contributed by atoms with Crippen LogP contribution in [0.3, 0.4) is 0 Å². The summed E-state index contributed by atoms with van der Waals surface area (Å²) in [5, 5.41) is 11.6. The van der Waals surface area contributed by atoms with E-state index in [9.17, 15) is 14.7 Å². The first-order valence-electron chi connectivity index (χ1n) is 13.2. The molecule has 1 aliphatic heterocycles. The maximum atomic E-state index is 13.5. The maximum absolute atomic E-state index is 13.5. The third-order valence-corrected chi connectivity index (χ3v) is 7.19. The zero-order chi connectivity index (χ0) is 28.2. The molecule has 1 atom stereocenters. The second kappa shape index (κ2) is 11.5. The molecule has 5 rings (SSSR count). The second-order valence-corrected chi connectivity index (χ2v) is 9.69. The molecule has 4 aromatic carbocycles. The minimum Gasteiger partial charge on any atom is -0.507 e. The van der Waals surface area contributed by atoms with Gasteiger partial charge in [0.05, 0.1) is 18.7 Å². The molecule has 4 aromatic rings. The highest BCUT2D eigenvalue weighted by molar-refractivity contribution is 6.51. The number of aliphatic hydroxyl groups excluding tert-OH is 1. The number of para-hydroxylation sites is 1. The molecule has 6 heteroatoms. The van der Waals surface area contributed by atoms with Crippen molar-refractivity contribution in [1.29, 1.82) is 0 Å². The first-order chi connectivity index (χ1) is 19.4. The van der Waals surface area contributed by atoms with E-state index in [1.807, 2.05) is 79.7 Å². The predicted molar refractivity (Wildman–Crippen MR) is 156 cm³/mol. The number of Topliss-reactive ketones (excluding diaryl/α,β-unsaturated/α-hetero) is 1. The number of aliphatic hydroxyl groups is 1. The van der Waals surface area contributed by atoms with Crippen molar-refractivity contribution in [2.45, 2.75) is 32.9 Å². The quantitative estimate of drug-likeness (QED) is 0.154. The summed E-state index contributed by atoms with van der Waals surface area (Å²) in [6.07, 6.45) is 0.847. The monoisotopic (exact) mass is 533 g/mol. The SMILES string of the molecule is CCc1ccc(N2C(=O)C(=O)/C(=C(/O)c3ccc(OCc4ccccc4)c(C)c3)C2c2ccccc2OC)cc1. The molecule has 1 saturated heterocycles. The Morgan fingerprint density at radius 1 is 0.850 bits per heavy atom. The lowest BCUT2D eigenvalue weighted by Crippen LogP contribution is -2.29. The van der Waals surface area contributed by atoms with Crippen molar-refractivity contribution in [2.24, 2.45) is 0 Å².